The Morgan fingerprint density at radius 2 is 1.66 bits per heavy atom. The highest BCUT2D eigenvalue weighted by Crippen LogP contribution is 2.28. The standard InChI is InChI=1S/C21H22N4O4/c1-27-17-7-5-4-6-15(17)25-20-11-16(23-13-24-20)21(26)22-12-14-8-9-18(28-2)19(10-14)29-3/h4-11,13H,12H2,1-3H3,(H,22,26)(H,23,24,25). The molecule has 0 aliphatic heterocycles. The number of methoxy groups -OCH3 is 3. The molecule has 2 aromatic carbocycles. The molecule has 1 aromatic heterocycles. The Labute approximate surface area is 168 Å². The molecule has 0 fully saturated rings. The summed E-state index contributed by atoms with van der Waals surface area (Å²) >= 11 is 0. The minimum absolute atomic E-state index is 0.248. The van der Waals surface area contributed by atoms with Crippen LogP contribution in [-0.2, 0) is 6.54 Å². The van der Waals surface area contributed by atoms with Crippen LogP contribution in [-0.4, -0.2) is 37.2 Å². The molecule has 0 aliphatic rings. The maximum absolute atomic E-state index is 12.5. The van der Waals surface area contributed by atoms with Crippen molar-refractivity contribution in [3.05, 3.63) is 66.1 Å². The van der Waals surface area contributed by atoms with Crippen molar-refractivity contribution in [1.82, 2.24) is 15.3 Å². The lowest BCUT2D eigenvalue weighted by molar-refractivity contribution is 0.0945. The Morgan fingerprint density at radius 1 is 0.897 bits per heavy atom. The van der Waals surface area contributed by atoms with Crippen molar-refractivity contribution in [3.63, 3.8) is 0 Å². The maximum atomic E-state index is 12.5. The van der Waals surface area contributed by atoms with Gasteiger partial charge in [0, 0.05) is 12.6 Å². The van der Waals surface area contributed by atoms with Gasteiger partial charge in [-0.05, 0) is 29.8 Å². The molecule has 8 nitrogen and oxygen atoms in total. The Kier molecular flexibility index (Phi) is 6.47. The summed E-state index contributed by atoms with van der Waals surface area (Å²) in [6.45, 7) is 0.318. The van der Waals surface area contributed by atoms with Gasteiger partial charge in [-0.15, -0.1) is 0 Å². The van der Waals surface area contributed by atoms with Gasteiger partial charge >= 0.3 is 0 Å². The molecule has 3 aromatic rings. The first kappa shape index (κ1) is 19.9. The van der Waals surface area contributed by atoms with Crippen LogP contribution in [0.4, 0.5) is 11.5 Å². The molecular weight excluding hydrogens is 372 g/mol. The van der Waals surface area contributed by atoms with Crippen molar-refractivity contribution in [3.8, 4) is 17.2 Å². The summed E-state index contributed by atoms with van der Waals surface area (Å²) in [6, 6.07) is 14.5. The highest BCUT2D eigenvalue weighted by molar-refractivity contribution is 5.93. The zero-order chi connectivity index (χ0) is 20.6. The van der Waals surface area contributed by atoms with E-state index in [2.05, 4.69) is 20.6 Å². The molecule has 0 radical (unpaired) electrons. The summed E-state index contributed by atoms with van der Waals surface area (Å²) in [4.78, 5) is 20.7. The fraction of sp³-hybridized carbons (Fsp3) is 0.190. The van der Waals surface area contributed by atoms with Crippen molar-refractivity contribution in [2.75, 3.05) is 26.6 Å². The summed E-state index contributed by atoms with van der Waals surface area (Å²) in [6.07, 6.45) is 1.34. The average molecular weight is 394 g/mol. The predicted molar refractivity (Wildman–Crippen MR) is 109 cm³/mol. The van der Waals surface area contributed by atoms with Gasteiger partial charge in [-0.1, -0.05) is 18.2 Å². The van der Waals surface area contributed by atoms with Gasteiger partial charge in [0.2, 0.25) is 0 Å². The quantitative estimate of drug-likeness (QED) is 0.606. The number of hydrogen-bond donors (Lipinski definition) is 2. The lowest BCUT2D eigenvalue weighted by atomic mass is 10.2. The number of hydrogen-bond acceptors (Lipinski definition) is 7. The fourth-order valence-corrected chi connectivity index (χ4v) is 2.70. The first-order chi connectivity index (χ1) is 14.1. The van der Waals surface area contributed by atoms with Gasteiger partial charge in [-0.2, -0.15) is 0 Å². The van der Waals surface area contributed by atoms with Gasteiger partial charge in [-0.25, -0.2) is 9.97 Å². The van der Waals surface area contributed by atoms with Crippen LogP contribution in [0.3, 0.4) is 0 Å². The Morgan fingerprint density at radius 3 is 2.41 bits per heavy atom. The Hall–Kier alpha value is -3.81. The monoisotopic (exact) mass is 394 g/mol. The van der Waals surface area contributed by atoms with Crippen LogP contribution in [0.1, 0.15) is 16.1 Å². The highest BCUT2D eigenvalue weighted by Gasteiger charge is 2.11. The number of amides is 1. The van der Waals surface area contributed by atoms with Gasteiger partial charge in [0.25, 0.3) is 5.91 Å². The van der Waals surface area contributed by atoms with Gasteiger partial charge in [0.1, 0.15) is 23.6 Å². The molecule has 0 spiro atoms. The number of rotatable bonds is 8. The number of anilines is 2. The Balaban J connectivity index is 1.68. The molecular formula is C21H22N4O4. The van der Waals surface area contributed by atoms with Gasteiger partial charge in [0.05, 0.1) is 27.0 Å². The molecule has 8 heteroatoms. The van der Waals surface area contributed by atoms with Crippen LogP contribution in [0.2, 0.25) is 0 Å². The molecule has 150 valence electrons. The van der Waals surface area contributed by atoms with E-state index >= 15 is 0 Å². The molecule has 2 N–H and O–H groups in total. The smallest absolute Gasteiger partial charge is 0.270 e. The van der Waals surface area contributed by atoms with E-state index in [0.29, 0.717) is 29.6 Å². The van der Waals surface area contributed by atoms with Crippen LogP contribution in [0.15, 0.2) is 54.9 Å². The number of benzene rings is 2. The lowest BCUT2D eigenvalue weighted by Gasteiger charge is -2.11. The van der Waals surface area contributed by atoms with E-state index in [4.69, 9.17) is 14.2 Å². The number of ether oxygens (including phenoxy) is 3. The van der Waals surface area contributed by atoms with E-state index in [-0.39, 0.29) is 11.6 Å². The van der Waals surface area contributed by atoms with E-state index < -0.39 is 0 Å². The Bertz CT molecular complexity index is 994. The molecule has 3 rings (SSSR count). The van der Waals surface area contributed by atoms with Crippen molar-refractivity contribution in [2.24, 2.45) is 0 Å². The van der Waals surface area contributed by atoms with Crippen LogP contribution < -0.4 is 24.8 Å². The topological polar surface area (TPSA) is 94.6 Å². The van der Waals surface area contributed by atoms with E-state index in [1.807, 2.05) is 36.4 Å². The highest BCUT2D eigenvalue weighted by atomic mass is 16.5. The minimum atomic E-state index is -0.315. The SMILES string of the molecule is COc1ccccc1Nc1cc(C(=O)NCc2ccc(OC)c(OC)c2)ncn1. The van der Waals surface area contributed by atoms with Crippen LogP contribution in [0.5, 0.6) is 17.2 Å². The third-order valence-electron chi connectivity index (χ3n) is 4.17. The zero-order valence-corrected chi connectivity index (χ0v) is 16.4. The third kappa shape index (κ3) is 4.92. The maximum Gasteiger partial charge on any atom is 0.270 e. The summed E-state index contributed by atoms with van der Waals surface area (Å²) in [5, 5.41) is 5.97. The first-order valence-electron chi connectivity index (χ1n) is 8.85. The largest absolute Gasteiger partial charge is 0.495 e. The zero-order valence-electron chi connectivity index (χ0n) is 16.4. The number of nitrogens with zero attached hydrogens (tertiary/aromatic N) is 2. The summed E-state index contributed by atoms with van der Waals surface area (Å²) in [7, 11) is 4.73. The molecule has 1 heterocycles. The average Bonchev–Trinajstić information content (AvgIpc) is 2.77. The number of para-hydroxylation sites is 2. The third-order valence-corrected chi connectivity index (χ3v) is 4.17. The summed E-state index contributed by atoms with van der Waals surface area (Å²) < 4.78 is 15.8. The van der Waals surface area contributed by atoms with Crippen LogP contribution >= 0.6 is 0 Å². The minimum Gasteiger partial charge on any atom is -0.495 e. The van der Waals surface area contributed by atoms with Gasteiger partial charge < -0.3 is 24.8 Å². The van der Waals surface area contributed by atoms with E-state index in [9.17, 15) is 4.79 Å². The fourth-order valence-electron chi connectivity index (χ4n) is 2.70. The molecule has 0 bridgehead atoms. The predicted octanol–water partition coefficient (Wildman–Crippen LogP) is 3.18. The number of nitrogens with one attached hydrogen (secondary N) is 2. The molecule has 0 saturated carbocycles. The van der Waals surface area contributed by atoms with Crippen molar-refractivity contribution >= 4 is 17.4 Å². The second-order valence-electron chi connectivity index (χ2n) is 5.99. The first-order valence-corrected chi connectivity index (χ1v) is 8.85. The van der Waals surface area contributed by atoms with Crippen molar-refractivity contribution in [2.45, 2.75) is 6.54 Å². The van der Waals surface area contributed by atoms with Gasteiger partial charge in [-0.3, -0.25) is 4.79 Å². The molecule has 0 unspecified atom stereocenters. The number of carbonyl (C=O) groups excluding carboxylic acids is 1. The van der Waals surface area contributed by atoms with E-state index in [1.54, 1.807) is 33.5 Å². The lowest BCUT2D eigenvalue weighted by Crippen LogP contribution is -2.24. The molecule has 1 amide bonds. The summed E-state index contributed by atoms with van der Waals surface area (Å²) in [5.41, 5.74) is 1.86. The van der Waals surface area contributed by atoms with Crippen molar-refractivity contribution in [1.29, 1.82) is 0 Å². The van der Waals surface area contributed by atoms with Gasteiger partial charge in [0.15, 0.2) is 11.5 Å². The van der Waals surface area contributed by atoms with E-state index in [0.717, 1.165) is 11.3 Å². The molecule has 0 atom stereocenters. The van der Waals surface area contributed by atoms with E-state index in [1.165, 1.54) is 6.33 Å². The van der Waals surface area contributed by atoms with Crippen molar-refractivity contribution < 1.29 is 19.0 Å². The normalized spacial score (nSPS) is 10.2. The number of aromatic nitrogens is 2. The van der Waals surface area contributed by atoms with Crippen LogP contribution in [0.25, 0.3) is 0 Å². The molecule has 0 saturated heterocycles. The second kappa shape index (κ2) is 9.41. The summed E-state index contributed by atoms with van der Waals surface area (Å²) in [5.74, 6) is 2.08. The van der Waals surface area contributed by atoms with Crippen LogP contribution in [0, 0.1) is 0 Å². The number of carbonyl (C=O) groups is 1. The molecule has 29 heavy (non-hydrogen) atoms. The second-order valence-corrected chi connectivity index (χ2v) is 5.99. The molecule has 0 aliphatic carbocycles.